The van der Waals surface area contributed by atoms with Gasteiger partial charge in [0.2, 0.25) is 0 Å². The molecular weight excluding hydrogens is 1010 g/mol. The second-order valence-corrected chi connectivity index (χ2v) is 21.9. The number of fused-ring (bicyclic) bond motifs is 17. The van der Waals surface area contributed by atoms with E-state index in [1.54, 1.807) is 0 Å². The molecule has 2 heterocycles. The highest BCUT2D eigenvalue weighted by molar-refractivity contribution is 6.19. The van der Waals surface area contributed by atoms with Gasteiger partial charge >= 0.3 is 0 Å². The molecule has 1 unspecified atom stereocenters. The van der Waals surface area contributed by atoms with Crippen molar-refractivity contribution in [3.63, 3.8) is 0 Å². The minimum absolute atomic E-state index is 0.641. The van der Waals surface area contributed by atoms with E-state index in [1.807, 2.05) is 0 Å². The normalized spacial score (nSPS) is 13.8. The van der Waals surface area contributed by atoms with Crippen molar-refractivity contribution in [2.45, 2.75) is 5.41 Å². The monoisotopic (exact) mass is 1060 g/mol. The number of benzene rings is 13. The average molecular weight is 1060 g/mol. The van der Waals surface area contributed by atoms with Crippen molar-refractivity contribution in [2.75, 3.05) is 9.80 Å². The quantitative estimate of drug-likeness (QED) is 0.144. The molecule has 4 heteroatoms. The van der Waals surface area contributed by atoms with Crippen molar-refractivity contribution >= 4 is 77.9 Å². The van der Waals surface area contributed by atoms with Crippen LogP contribution >= 0.6 is 0 Å². The number of para-hydroxylation sites is 4. The lowest BCUT2D eigenvalue weighted by molar-refractivity contribution is 0.669. The van der Waals surface area contributed by atoms with Crippen LogP contribution in [0.4, 0.5) is 34.1 Å². The molecule has 15 aromatic rings. The predicted molar refractivity (Wildman–Crippen MR) is 345 cm³/mol. The van der Waals surface area contributed by atoms with E-state index in [0.717, 1.165) is 61.8 Å². The van der Waals surface area contributed by atoms with Crippen LogP contribution in [0.25, 0.3) is 93.9 Å². The summed E-state index contributed by atoms with van der Waals surface area (Å²) in [6.07, 6.45) is 0. The standard InChI is InChI=1S/C79H51N3O/c1-4-20-52(21-5-1)54-38-42-57(43-39-54)80(56-24-8-3-9-25-56)59-26-18-27-60(50-59)81(74-36-19-32-65-64-29-13-17-37-75(64)83-78(65)74)61-46-47-63-62-28-10-14-33-68(62)79(71(63)51-61)69-34-15-11-30-66(69)76-70(79)48-49-73-77(76)67-31-12-16-35-72(67)82(73)58-44-40-55(41-45-58)53-22-6-2-7-23-53/h1-51H. The molecule has 2 aliphatic rings. The highest BCUT2D eigenvalue weighted by Crippen LogP contribution is 2.65. The maximum atomic E-state index is 6.98. The third kappa shape index (κ3) is 7.06. The first-order chi connectivity index (χ1) is 41.2. The number of hydrogen-bond donors (Lipinski definition) is 0. The Kier molecular flexibility index (Phi) is 10.5. The summed E-state index contributed by atoms with van der Waals surface area (Å²) in [5, 5.41) is 4.67. The van der Waals surface area contributed by atoms with Gasteiger partial charge in [-0.05, 0) is 158 Å². The summed E-state index contributed by atoms with van der Waals surface area (Å²) in [6, 6.07) is 113. The Morgan fingerprint density at radius 2 is 0.819 bits per heavy atom. The number of nitrogens with zero attached hydrogens (tertiary/aromatic N) is 3. The first kappa shape index (κ1) is 46.9. The van der Waals surface area contributed by atoms with Crippen LogP contribution in [0.3, 0.4) is 0 Å². The average Bonchev–Trinajstić information content (AvgIpc) is 1.67. The first-order valence-electron chi connectivity index (χ1n) is 28.6. The smallest absolute Gasteiger partial charge is 0.159 e. The molecule has 2 aromatic heterocycles. The highest BCUT2D eigenvalue weighted by Gasteiger charge is 2.52. The van der Waals surface area contributed by atoms with Gasteiger partial charge in [0.1, 0.15) is 5.58 Å². The molecule has 0 bridgehead atoms. The molecule has 13 aromatic carbocycles. The predicted octanol–water partition coefficient (Wildman–Crippen LogP) is 21.3. The Bertz CT molecular complexity index is 5020. The Labute approximate surface area is 481 Å². The lowest BCUT2D eigenvalue weighted by Crippen LogP contribution is -2.26. The number of aromatic nitrogens is 1. The van der Waals surface area contributed by atoms with E-state index < -0.39 is 5.41 Å². The fourth-order valence-corrected chi connectivity index (χ4v) is 14.1. The van der Waals surface area contributed by atoms with Crippen LogP contribution in [-0.4, -0.2) is 4.57 Å². The van der Waals surface area contributed by atoms with E-state index in [9.17, 15) is 0 Å². The maximum absolute atomic E-state index is 6.98. The van der Waals surface area contributed by atoms with Crippen LogP contribution in [0.5, 0.6) is 0 Å². The van der Waals surface area contributed by atoms with Crippen LogP contribution in [0, 0.1) is 0 Å². The SMILES string of the molecule is c1ccc(-c2ccc(N(c3ccccc3)c3cccc(N(c4ccc5c(c4)C4(c6ccccc6-5)c5ccccc5-c5c4ccc4c5c5ccccc5n4-c4ccc(-c5ccccc5)cc4)c4cccc5c4oc4ccccc45)c3)cc2)cc1. The molecule has 17 rings (SSSR count). The molecule has 0 fully saturated rings. The van der Waals surface area contributed by atoms with Crippen molar-refractivity contribution in [3.05, 3.63) is 332 Å². The zero-order valence-electron chi connectivity index (χ0n) is 45.2. The Hall–Kier alpha value is -10.9. The van der Waals surface area contributed by atoms with Gasteiger partial charge in [-0.25, -0.2) is 0 Å². The molecule has 83 heavy (non-hydrogen) atoms. The molecule has 1 spiro atoms. The molecular formula is C79H51N3O. The van der Waals surface area contributed by atoms with E-state index in [2.05, 4.69) is 324 Å². The van der Waals surface area contributed by atoms with Crippen LogP contribution in [0.15, 0.2) is 314 Å². The second kappa shape index (κ2) is 18.6. The van der Waals surface area contributed by atoms with Gasteiger partial charge in [-0.15, -0.1) is 0 Å². The van der Waals surface area contributed by atoms with Gasteiger partial charge in [0.25, 0.3) is 0 Å². The molecule has 2 aliphatic carbocycles. The van der Waals surface area contributed by atoms with E-state index in [4.69, 9.17) is 4.42 Å². The first-order valence-corrected chi connectivity index (χ1v) is 28.6. The molecule has 0 aliphatic heterocycles. The number of furan rings is 1. The summed E-state index contributed by atoms with van der Waals surface area (Å²) in [5.41, 5.74) is 25.6. The van der Waals surface area contributed by atoms with Gasteiger partial charge in [-0.3, -0.25) is 0 Å². The van der Waals surface area contributed by atoms with Gasteiger partial charge in [-0.2, -0.15) is 0 Å². The van der Waals surface area contributed by atoms with Gasteiger partial charge in [0.05, 0.1) is 22.1 Å². The molecule has 0 saturated carbocycles. The van der Waals surface area contributed by atoms with Crippen molar-refractivity contribution < 1.29 is 4.42 Å². The van der Waals surface area contributed by atoms with Gasteiger partial charge in [-0.1, -0.05) is 218 Å². The lowest BCUT2D eigenvalue weighted by Gasteiger charge is -2.32. The largest absolute Gasteiger partial charge is 0.454 e. The number of anilines is 6. The van der Waals surface area contributed by atoms with Crippen LogP contribution in [-0.2, 0) is 5.41 Å². The molecule has 0 amide bonds. The Morgan fingerprint density at radius 3 is 1.57 bits per heavy atom. The van der Waals surface area contributed by atoms with Crippen LogP contribution in [0.1, 0.15) is 22.3 Å². The lowest BCUT2D eigenvalue weighted by atomic mass is 9.70. The minimum atomic E-state index is -0.641. The number of hydrogen-bond acceptors (Lipinski definition) is 3. The third-order valence-electron chi connectivity index (χ3n) is 17.6. The third-order valence-corrected chi connectivity index (χ3v) is 17.6. The molecule has 0 radical (unpaired) electrons. The van der Waals surface area contributed by atoms with Gasteiger partial charge in [0.15, 0.2) is 5.58 Å². The topological polar surface area (TPSA) is 24.6 Å². The Balaban J connectivity index is 0.887. The van der Waals surface area contributed by atoms with E-state index in [-0.39, 0.29) is 0 Å². The zero-order chi connectivity index (χ0) is 54.6. The van der Waals surface area contributed by atoms with Crippen LogP contribution in [0.2, 0.25) is 0 Å². The molecule has 4 nitrogen and oxygen atoms in total. The van der Waals surface area contributed by atoms with E-state index in [1.165, 1.54) is 88.6 Å². The molecule has 388 valence electrons. The van der Waals surface area contributed by atoms with Gasteiger partial charge in [0, 0.05) is 55.7 Å². The second-order valence-electron chi connectivity index (χ2n) is 21.9. The maximum Gasteiger partial charge on any atom is 0.159 e. The Morgan fingerprint density at radius 1 is 0.301 bits per heavy atom. The van der Waals surface area contributed by atoms with E-state index >= 15 is 0 Å². The van der Waals surface area contributed by atoms with Crippen molar-refractivity contribution in [1.29, 1.82) is 0 Å². The minimum Gasteiger partial charge on any atom is -0.454 e. The molecule has 0 saturated heterocycles. The fourth-order valence-electron chi connectivity index (χ4n) is 14.1. The van der Waals surface area contributed by atoms with Crippen molar-refractivity contribution in [2.24, 2.45) is 0 Å². The molecule has 0 N–H and O–H groups in total. The van der Waals surface area contributed by atoms with Crippen LogP contribution < -0.4 is 9.80 Å². The van der Waals surface area contributed by atoms with Gasteiger partial charge < -0.3 is 18.8 Å². The summed E-state index contributed by atoms with van der Waals surface area (Å²) in [4.78, 5) is 4.78. The number of rotatable bonds is 9. The summed E-state index contributed by atoms with van der Waals surface area (Å²) in [6.45, 7) is 0. The summed E-state index contributed by atoms with van der Waals surface area (Å²) < 4.78 is 9.45. The highest BCUT2D eigenvalue weighted by atomic mass is 16.3. The fraction of sp³-hybridized carbons (Fsp3) is 0.0127. The zero-order valence-corrected chi connectivity index (χ0v) is 45.2. The van der Waals surface area contributed by atoms with E-state index in [0.29, 0.717) is 0 Å². The van der Waals surface area contributed by atoms with Crippen molar-refractivity contribution in [1.82, 2.24) is 4.57 Å². The summed E-state index contributed by atoms with van der Waals surface area (Å²) >= 11 is 0. The summed E-state index contributed by atoms with van der Waals surface area (Å²) in [5.74, 6) is 0. The van der Waals surface area contributed by atoms with Crippen molar-refractivity contribution in [3.8, 4) is 50.2 Å². The molecule has 1 atom stereocenters. The summed E-state index contributed by atoms with van der Waals surface area (Å²) in [7, 11) is 0.